The number of unbranched alkanes of at least 4 members (excludes halogenated alkanes) is 1. The molecule has 1 aromatic carbocycles. The fourth-order valence-corrected chi connectivity index (χ4v) is 3.24. The highest BCUT2D eigenvalue weighted by molar-refractivity contribution is 6.03. The molecule has 0 unspecified atom stereocenters. The lowest BCUT2D eigenvalue weighted by Gasteiger charge is -2.31. The van der Waals surface area contributed by atoms with Crippen LogP contribution in [0.3, 0.4) is 0 Å². The molecule has 146 valence electrons. The predicted octanol–water partition coefficient (Wildman–Crippen LogP) is 4.77. The molecule has 2 rings (SSSR count). The quantitative estimate of drug-likeness (QED) is 0.681. The fraction of sp³-hybridized carbons (Fsp3) is 0.455. The molecule has 0 saturated heterocycles. The molecule has 2 N–H and O–H groups in total. The summed E-state index contributed by atoms with van der Waals surface area (Å²) in [4.78, 5) is 19.6. The van der Waals surface area contributed by atoms with Gasteiger partial charge in [0, 0.05) is 35.1 Å². The number of ether oxygens (including phenoxy) is 1. The highest BCUT2D eigenvalue weighted by atomic mass is 16.5. The lowest BCUT2D eigenvalue weighted by molar-refractivity contribution is 0.0644. The van der Waals surface area contributed by atoms with Gasteiger partial charge in [-0.2, -0.15) is 0 Å². The number of benzene rings is 1. The van der Waals surface area contributed by atoms with Gasteiger partial charge in [-0.25, -0.2) is 4.98 Å². The van der Waals surface area contributed by atoms with E-state index in [-0.39, 0.29) is 18.0 Å². The largest absolute Gasteiger partial charge is 0.477 e. The molecule has 0 aliphatic carbocycles. The van der Waals surface area contributed by atoms with Crippen LogP contribution in [0.5, 0.6) is 5.88 Å². The van der Waals surface area contributed by atoms with Gasteiger partial charge in [0.25, 0.3) is 5.91 Å². The topological polar surface area (TPSA) is 68.5 Å². The Kier molecular flexibility index (Phi) is 7.22. The van der Waals surface area contributed by atoms with E-state index >= 15 is 0 Å². The number of carbonyl (C=O) groups excluding carboxylic acids is 1. The van der Waals surface area contributed by atoms with Crippen molar-refractivity contribution in [2.45, 2.75) is 59.5 Å². The van der Waals surface area contributed by atoms with Crippen LogP contribution in [-0.2, 0) is 0 Å². The van der Waals surface area contributed by atoms with E-state index in [1.54, 1.807) is 12.3 Å². The molecule has 1 amide bonds. The Morgan fingerprint density at radius 1 is 1.15 bits per heavy atom. The van der Waals surface area contributed by atoms with Gasteiger partial charge in [-0.05, 0) is 46.2 Å². The molecule has 0 radical (unpaired) electrons. The lowest BCUT2D eigenvalue weighted by atomic mass is 9.97. The van der Waals surface area contributed by atoms with Crippen molar-refractivity contribution in [3.8, 4) is 17.0 Å². The minimum Gasteiger partial charge on any atom is -0.477 e. The van der Waals surface area contributed by atoms with Crippen molar-refractivity contribution < 1.29 is 9.53 Å². The summed E-state index contributed by atoms with van der Waals surface area (Å²) in [6, 6.07) is 9.47. The molecule has 0 aliphatic heterocycles. The molecule has 0 saturated carbocycles. The molecule has 0 fully saturated rings. The van der Waals surface area contributed by atoms with E-state index in [1.165, 1.54) is 0 Å². The Labute approximate surface area is 162 Å². The third kappa shape index (κ3) is 4.79. The third-order valence-corrected chi connectivity index (χ3v) is 4.46. The van der Waals surface area contributed by atoms with Gasteiger partial charge in [0.2, 0.25) is 5.88 Å². The molecule has 0 bridgehead atoms. The smallest absolute Gasteiger partial charge is 0.254 e. The zero-order valence-electron chi connectivity index (χ0n) is 17.0. The molecule has 0 spiro atoms. The molecule has 0 atom stereocenters. The Morgan fingerprint density at radius 3 is 2.44 bits per heavy atom. The van der Waals surface area contributed by atoms with Crippen molar-refractivity contribution >= 4 is 11.6 Å². The van der Waals surface area contributed by atoms with Gasteiger partial charge < -0.3 is 15.4 Å². The number of aromatic nitrogens is 1. The average Bonchev–Trinajstić information content (AvgIpc) is 2.61. The number of nitrogens with two attached hydrogens (primary N) is 1. The Bertz CT molecular complexity index is 764. The van der Waals surface area contributed by atoms with Gasteiger partial charge in [-0.15, -0.1) is 0 Å². The number of rotatable bonds is 8. The van der Waals surface area contributed by atoms with E-state index in [1.807, 2.05) is 56.9 Å². The zero-order valence-corrected chi connectivity index (χ0v) is 17.0. The molecule has 1 heterocycles. The van der Waals surface area contributed by atoms with Crippen molar-refractivity contribution in [1.82, 2.24) is 9.88 Å². The third-order valence-electron chi connectivity index (χ3n) is 4.46. The van der Waals surface area contributed by atoms with Crippen LogP contribution >= 0.6 is 0 Å². The number of carbonyl (C=O) groups is 1. The Balaban J connectivity index is 2.54. The van der Waals surface area contributed by atoms with Crippen LogP contribution in [0.4, 0.5) is 5.69 Å². The van der Waals surface area contributed by atoms with E-state index < -0.39 is 0 Å². The summed E-state index contributed by atoms with van der Waals surface area (Å²) in [6.45, 7) is 10.8. The molecule has 2 aromatic rings. The van der Waals surface area contributed by atoms with E-state index in [9.17, 15) is 4.79 Å². The van der Waals surface area contributed by atoms with Gasteiger partial charge >= 0.3 is 0 Å². The Morgan fingerprint density at radius 2 is 1.81 bits per heavy atom. The van der Waals surface area contributed by atoms with E-state index in [2.05, 4.69) is 11.9 Å². The summed E-state index contributed by atoms with van der Waals surface area (Å²) in [7, 11) is 0. The standard InChI is InChI=1S/C22H31N3O2/c1-6-7-14-27-21-20(19(23)12-13-24-21)17-10-8-9-11-18(17)22(26)25(15(2)3)16(4)5/h8-13,15-16H,6-7,14H2,1-5H3,(H2,23,24). The second kappa shape index (κ2) is 9.40. The number of hydrogen-bond donors (Lipinski definition) is 1. The number of nitrogen functional groups attached to an aromatic ring is 1. The molecular weight excluding hydrogens is 338 g/mol. The maximum atomic E-state index is 13.3. The molecule has 27 heavy (non-hydrogen) atoms. The van der Waals surface area contributed by atoms with Crippen LogP contribution in [0.1, 0.15) is 57.8 Å². The second-order valence-electron chi connectivity index (χ2n) is 7.23. The lowest BCUT2D eigenvalue weighted by Crippen LogP contribution is -2.42. The first-order valence-corrected chi connectivity index (χ1v) is 9.67. The predicted molar refractivity (Wildman–Crippen MR) is 111 cm³/mol. The average molecular weight is 370 g/mol. The molecule has 1 aromatic heterocycles. The molecule has 5 nitrogen and oxygen atoms in total. The van der Waals surface area contributed by atoms with Gasteiger partial charge in [0.1, 0.15) is 0 Å². The normalized spacial score (nSPS) is 11.1. The van der Waals surface area contributed by atoms with Crippen LogP contribution in [0.2, 0.25) is 0 Å². The number of hydrogen-bond acceptors (Lipinski definition) is 4. The highest BCUT2D eigenvalue weighted by Crippen LogP contribution is 2.36. The SMILES string of the molecule is CCCCOc1nccc(N)c1-c1ccccc1C(=O)N(C(C)C)C(C)C. The van der Waals surface area contributed by atoms with Gasteiger partial charge in [-0.1, -0.05) is 31.5 Å². The van der Waals surface area contributed by atoms with Crippen molar-refractivity contribution in [3.05, 3.63) is 42.1 Å². The molecule has 0 aliphatic rings. The van der Waals surface area contributed by atoms with Gasteiger partial charge in [-0.3, -0.25) is 4.79 Å². The van der Waals surface area contributed by atoms with E-state index in [4.69, 9.17) is 10.5 Å². The van der Waals surface area contributed by atoms with Crippen LogP contribution in [0, 0.1) is 0 Å². The Hall–Kier alpha value is -2.56. The minimum absolute atomic E-state index is 0.0154. The van der Waals surface area contributed by atoms with Crippen LogP contribution in [-0.4, -0.2) is 34.5 Å². The summed E-state index contributed by atoms with van der Waals surface area (Å²) >= 11 is 0. The molecular formula is C22H31N3O2. The monoisotopic (exact) mass is 369 g/mol. The fourth-order valence-electron chi connectivity index (χ4n) is 3.24. The van der Waals surface area contributed by atoms with E-state index in [0.29, 0.717) is 29.3 Å². The van der Waals surface area contributed by atoms with Crippen LogP contribution in [0.15, 0.2) is 36.5 Å². The van der Waals surface area contributed by atoms with Crippen molar-refractivity contribution in [3.63, 3.8) is 0 Å². The first-order chi connectivity index (χ1) is 12.9. The summed E-state index contributed by atoms with van der Waals surface area (Å²) in [5, 5.41) is 0. The van der Waals surface area contributed by atoms with E-state index in [0.717, 1.165) is 18.4 Å². The van der Waals surface area contributed by atoms with Crippen LogP contribution < -0.4 is 10.5 Å². The number of anilines is 1. The highest BCUT2D eigenvalue weighted by Gasteiger charge is 2.25. The van der Waals surface area contributed by atoms with Crippen molar-refractivity contribution in [2.75, 3.05) is 12.3 Å². The second-order valence-corrected chi connectivity index (χ2v) is 7.23. The first kappa shape index (κ1) is 20.7. The summed E-state index contributed by atoms with van der Waals surface area (Å²) in [5.41, 5.74) is 8.88. The minimum atomic E-state index is -0.0154. The van der Waals surface area contributed by atoms with Crippen molar-refractivity contribution in [1.29, 1.82) is 0 Å². The van der Waals surface area contributed by atoms with Gasteiger partial charge in [0.15, 0.2) is 0 Å². The summed E-state index contributed by atoms with van der Waals surface area (Å²) < 4.78 is 5.89. The maximum absolute atomic E-state index is 13.3. The number of pyridine rings is 1. The zero-order chi connectivity index (χ0) is 20.0. The number of nitrogens with zero attached hydrogens (tertiary/aromatic N) is 2. The van der Waals surface area contributed by atoms with Crippen LogP contribution in [0.25, 0.3) is 11.1 Å². The summed E-state index contributed by atoms with van der Waals surface area (Å²) in [5.74, 6) is 0.461. The maximum Gasteiger partial charge on any atom is 0.254 e. The van der Waals surface area contributed by atoms with Crippen molar-refractivity contribution in [2.24, 2.45) is 0 Å². The number of amides is 1. The summed E-state index contributed by atoms with van der Waals surface area (Å²) in [6.07, 6.45) is 3.61. The first-order valence-electron chi connectivity index (χ1n) is 9.67. The molecule has 5 heteroatoms. The van der Waals surface area contributed by atoms with Gasteiger partial charge in [0.05, 0.1) is 12.2 Å².